The molecular formula is C10H14N2O5S. The predicted molar refractivity (Wildman–Crippen MR) is 64.7 cm³/mol. The molecule has 0 aromatic heterocycles. The molecule has 1 rings (SSSR count). The number of hydrogen-bond donors (Lipinski definition) is 4. The van der Waals surface area contributed by atoms with Crippen LogP contribution in [-0.2, 0) is 10.0 Å². The van der Waals surface area contributed by atoms with Gasteiger partial charge in [-0.1, -0.05) is 0 Å². The monoisotopic (exact) mass is 274 g/mol. The first-order valence-corrected chi connectivity index (χ1v) is 6.60. The van der Waals surface area contributed by atoms with Gasteiger partial charge in [0.1, 0.15) is 4.90 Å². The number of anilines is 1. The number of nitrogen functional groups attached to an aromatic ring is 1. The van der Waals surface area contributed by atoms with Gasteiger partial charge in [0, 0.05) is 13.2 Å². The lowest BCUT2D eigenvalue weighted by Crippen LogP contribution is -2.26. The van der Waals surface area contributed by atoms with Crippen molar-refractivity contribution in [3.63, 3.8) is 0 Å². The van der Waals surface area contributed by atoms with E-state index in [1.165, 1.54) is 6.07 Å². The fourth-order valence-electron chi connectivity index (χ4n) is 1.29. The first-order valence-electron chi connectivity index (χ1n) is 5.12. The summed E-state index contributed by atoms with van der Waals surface area (Å²) < 4.78 is 25.8. The van der Waals surface area contributed by atoms with Gasteiger partial charge in [-0.2, -0.15) is 0 Å². The zero-order valence-corrected chi connectivity index (χ0v) is 10.3. The van der Waals surface area contributed by atoms with Crippen LogP contribution in [0.25, 0.3) is 0 Å². The molecule has 0 saturated carbocycles. The van der Waals surface area contributed by atoms with Gasteiger partial charge in [0.05, 0.1) is 11.3 Å². The quantitative estimate of drug-likeness (QED) is 0.413. The van der Waals surface area contributed by atoms with E-state index in [0.717, 1.165) is 12.1 Å². The summed E-state index contributed by atoms with van der Waals surface area (Å²) in [6.45, 7) is -0.0467. The molecule has 0 heterocycles. The summed E-state index contributed by atoms with van der Waals surface area (Å²) in [6.07, 6.45) is 0.284. The van der Waals surface area contributed by atoms with Crippen LogP contribution in [0, 0.1) is 0 Å². The normalized spacial score (nSPS) is 11.4. The smallest absolute Gasteiger partial charge is 0.335 e. The van der Waals surface area contributed by atoms with Crippen LogP contribution in [0.1, 0.15) is 16.8 Å². The van der Waals surface area contributed by atoms with Crippen molar-refractivity contribution in [2.45, 2.75) is 11.3 Å². The fourth-order valence-corrected chi connectivity index (χ4v) is 2.47. The molecule has 5 N–H and O–H groups in total. The van der Waals surface area contributed by atoms with E-state index in [2.05, 4.69) is 4.72 Å². The van der Waals surface area contributed by atoms with Crippen molar-refractivity contribution in [2.24, 2.45) is 0 Å². The molecule has 0 bridgehead atoms. The third-order valence-electron chi connectivity index (χ3n) is 2.17. The van der Waals surface area contributed by atoms with Crippen LogP contribution in [-0.4, -0.2) is 37.8 Å². The molecule has 8 heteroatoms. The number of aliphatic hydroxyl groups is 1. The van der Waals surface area contributed by atoms with E-state index in [9.17, 15) is 13.2 Å². The van der Waals surface area contributed by atoms with Gasteiger partial charge in [-0.15, -0.1) is 0 Å². The molecule has 0 amide bonds. The van der Waals surface area contributed by atoms with E-state index in [1.807, 2.05) is 0 Å². The Hall–Kier alpha value is -1.64. The maximum atomic E-state index is 11.8. The molecule has 0 saturated heterocycles. The maximum Gasteiger partial charge on any atom is 0.335 e. The molecule has 0 fully saturated rings. The molecule has 1 aromatic carbocycles. The molecule has 7 nitrogen and oxygen atoms in total. The number of aromatic carboxylic acids is 1. The first kappa shape index (κ1) is 14.4. The third-order valence-corrected chi connectivity index (χ3v) is 3.71. The Bertz CT molecular complexity index is 541. The Morgan fingerprint density at radius 3 is 2.56 bits per heavy atom. The average molecular weight is 274 g/mol. The lowest BCUT2D eigenvalue weighted by molar-refractivity contribution is 0.0697. The van der Waals surface area contributed by atoms with Crippen LogP contribution in [0.3, 0.4) is 0 Å². The van der Waals surface area contributed by atoms with Gasteiger partial charge in [0.2, 0.25) is 10.0 Å². The van der Waals surface area contributed by atoms with Crippen LogP contribution in [0.5, 0.6) is 0 Å². The lowest BCUT2D eigenvalue weighted by Gasteiger charge is -2.09. The standard InChI is InChI=1S/C10H14N2O5S/c11-8-6-7(10(14)15)2-3-9(8)18(16,17)12-4-1-5-13/h2-3,6,12-13H,1,4-5,11H2,(H,14,15). The van der Waals surface area contributed by atoms with E-state index < -0.39 is 16.0 Å². The van der Waals surface area contributed by atoms with Crippen molar-refractivity contribution in [1.29, 1.82) is 0 Å². The van der Waals surface area contributed by atoms with Gasteiger partial charge in [0.25, 0.3) is 0 Å². The van der Waals surface area contributed by atoms with Gasteiger partial charge >= 0.3 is 5.97 Å². The van der Waals surface area contributed by atoms with Gasteiger partial charge in [-0.3, -0.25) is 0 Å². The van der Waals surface area contributed by atoms with Crippen molar-refractivity contribution in [3.8, 4) is 0 Å². The van der Waals surface area contributed by atoms with E-state index in [1.54, 1.807) is 0 Å². The second-order valence-corrected chi connectivity index (χ2v) is 5.27. The minimum atomic E-state index is -3.78. The van der Waals surface area contributed by atoms with E-state index >= 15 is 0 Å². The minimum Gasteiger partial charge on any atom is -0.478 e. The molecule has 0 unspecified atom stereocenters. The highest BCUT2D eigenvalue weighted by Gasteiger charge is 2.18. The summed E-state index contributed by atoms with van der Waals surface area (Å²) in [5.41, 5.74) is 5.30. The number of hydrogen-bond acceptors (Lipinski definition) is 5. The van der Waals surface area contributed by atoms with Gasteiger partial charge in [0.15, 0.2) is 0 Å². The molecule has 0 aliphatic carbocycles. The van der Waals surface area contributed by atoms with Gasteiger partial charge in [-0.05, 0) is 24.6 Å². The minimum absolute atomic E-state index is 0.0817. The molecule has 18 heavy (non-hydrogen) atoms. The van der Waals surface area contributed by atoms with E-state index in [-0.39, 0.29) is 35.7 Å². The summed E-state index contributed by atoms with van der Waals surface area (Å²) in [5.74, 6) is -1.18. The zero-order chi connectivity index (χ0) is 13.8. The molecule has 0 radical (unpaired) electrons. The molecule has 100 valence electrons. The number of nitrogens with one attached hydrogen (secondary N) is 1. The molecule has 0 aliphatic rings. The maximum absolute atomic E-state index is 11.8. The Labute approximate surface area is 104 Å². The Kier molecular flexibility index (Phi) is 4.65. The molecule has 0 aliphatic heterocycles. The number of benzene rings is 1. The summed E-state index contributed by atoms with van der Waals surface area (Å²) in [7, 11) is -3.78. The third kappa shape index (κ3) is 3.42. The fraction of sp³-hybridized carbons (Fsp3) is 0.300. The highest BCUT2D eigenvalue weighted by Crippen LogP contribution is 2.19. The van der Waals surface area contributed by atoms with Crippen LogP contribution in [0.15, 0.2) is 23.1 Å². The summed E-state index contributed by atoms with van der Waals surface area (Å²) in [5, 5.41) is 17.3. The molecule has 1 aromatic rings. The Balaban J connectivity index is 2.99. The number of sulfonamides is 1. The lowest BCUT2D eigenvalue weighted by atomic mass is 10.2. The number of rotatable bonds is 6. The largest absolute Gasteiger partial charge is 0.478 e. The van der Waals surface area contributed by atoms with Gasteiger partial charge in [-0.25, -0.2) is 17.9 Å². The van der Waals surface area contributed by atoms with Crippen molar-refractivity contribution >= 4 is 21.7 Å². The zero-order valence-electron chi connectivity index (χ0n) is 9.46. The van der Waals surface area contributed by atoms with Crippen molar-refractivity contribution in [3.05, 3.63) is 23.8 Å². The highest BCUT2D eigenvalue weighted by atomic mass is 32.2. The number of carboxylic acids is 1. The number of carboxylic acid groups (broad SMARTS) is 1. The second kappa shape index (κ2) is 5.80. The topological polar surface area (TPSA) is 130 Å². The Morgan fingerprint density at radius 1 is 1.39 bits per heavy atom. The van der Waals surface area contributed by atoms with Crippen LogP contribution >= 0.6 is 0 Å². The molecule has 0 spiro atoms. The van der Waals surface area contributed by atoms with Crippen molar-refractivity contribution in [1.82, 2.24) is 4.72 Å². The summed E-state index contributed by atoms with van der Waals surface area (Å²) >= 11 is 0. The molecule has 0 atom stereocenters. The predicted octanol–water partition coefficient (Wildman–Crippen LogP) is -0.372. The number of carbonyl (C=O) groups is 1. The Morgan fingerprint density at radius 2 is 2.06 bits per heavy atom. The van der Waals surface area contributed by atoms with Crippen LogP contribution in [0.2, 0.25) is 0 Å². The average Bonchev–Trinajstić information content (AvgIpc) is 2.28. The van der Waals surface area contributed by atoms with Crippen molar-refractivity contribution in [2.75, 3.05) is 18.9 Å². The highest BCUT2D eigenvalue weighted by molar-refractivity contribution is 7.89. The van der Waals surface area contributed by atoms with Crippen LogP contribution in [0.4, 0.5) is 5.69 Å². The van der Waals surface area contributed by atoms with E-state index in [4.69, 9.17) is 15.9 Å². The van der Waals surface area contributed by atoms with Gasteiger partial charge < -0.3 is 15.9 Å². The van der Waals surface area contributed by atoms with E-state index in [0.29, 0.717) is 0 Å². The first-order chi connectivity index (χ1) is 8.38. The molecular weight excluding hydrogens is 260 g/mol. The summed E-state index contributed by atoms with van der Waals surface area (Å²) in [6, 6.07) is 3.39. The second-order valence-electron chi connectivity index (χ2n) is 3.53. The van der Waals surface area contributed by atoms with Crippen molar-refractivity contribution < 1.29 is 23.4 Å². The van der Waals surface area contributed by atoms with Crippen LogP contribution < -0.4 is 10.5 Å². The SMILES string of the molecule is Nc1cc(C(=O)O)ccc1S(=O)(=O)NCCCO. The number of nitrogens with two attached hydrogens (primary N) is 1. The number of aliphatic hydroxyl groups excluding tert-OH is 1. The summed E-state index contributed by atoms with van der Waals surface area (Å²) in [4.78, 5) is 10.5.